The fourth-order valence-electron chi connectivity index (χ4n) is 1.33. The lowest BCUT2D eigenvalue weighted by Crippen LogP contribution is -2.24. The normalized spacial score (nSPS) is 10.2. The van der Waals surface area contributed by atoms with Gasteiger partial charge in [0.25, 0.3) is 5.91 Å². The van der Waals surface area contributed by atoms with Crippen LogP contribution in [0.1, 0.15) is 22.0 Å². The standard InChI is InChI=1S/C11H11N3O3/c1-7-5-13-10(17-7)6-14-11(16)8-2-3-12-9(15)4-8/h2-5H,6H2,1H3,(H,12,15)(H,14,16). The summed E-state index contributed by atoms with van der Waals surface area (Å²) in [6.07, 6.45) is 3.00. The van der Waals surface area contributed by atoms with Crippen LogP contribution in [0.15, 0.2) is 33.7 Å². The monoisotopic (exact) mass is 233 g/mol. The van der Waals surface area contributed by atoms with Crippen LogP contribution in [0.25, 0.3) is 0 Å². The van der Waals surface area contributed by atoms with Crippen LogP contribution in [-0.2, 0) is 6.54 Å². The van der Waals surface area contributed by atoms with Crippen LogP contribution in [0.3, 0.4) is 0 Å². The lowest BCUT2D eigenvalue weighted by atomic mass is 10.2. The number of pyridine rings is 1. The zero-order chi connectivity index (χ0) is 12.3. The van der Waals surface area contributed by atoms with E-state index >= 15 is 0 Å². The molecule has 0 aliphatic carbocycles. The Morgan fingerprint density at radius 3 is 3.06 bits per heavy atom. The van der Waals surface area contributed by atoms with Gasteiger partial charge in [0.1, 0.15) is 5.76 Å². The second-order valence-electron chi connectivity index (χ2n) is 3.49. The molecule has 0 atom stereocenters. The summed E-state index contributed by atoms with van der Waals surface area (Å²) in [5.41, 5.74) is -0.0124. The lowest BCUT2D eigenvalue weighted by Gasteiger charge is -2.01. The number of hydrogen-bond acceptors (Lipinski definition) is 4. The minimum Gasteiger partial charge on any atom is -0.444 e. The number of aromatic amines is 1. The van der Waals surface area contributed by atoms with Crippen molar-refractivity contribution in [1.29, 1.82) is 0 Å². The van der Waals surface area contributed by atoms with Gasteiger partial charge in [0, 0.05) is 17.8 Å². The Morgan fingerprint density at radius 1 is 1.59 bits per heavy atom. The lowest BCUT2D eigenvalue weighted by molar-refractivity contribution is 0.0947. The number of amides is 1. The Bertz CT molecular complexity index is 585. The molecule has 0 radical (unpaired) electrons. The fraction of sp³-hybridized carbons (Fsp3) is 0.182. The third kappa shape index (κ3) is 2.81. The molecule has 0 aromatic carbocycles. The van der Waals surface area contributed by atoms with E-state index in [9.17, 15) is 9.59 Å². The van der Waals surface area contributed by atoms with Gasteiger partial charge >= 0.3 is 0 Å². The smallest absolute Gasteiger partial charge is 0.251 e. The quantitative estimate of drug-likeness (QED) is 0.812. The van der Waals surface area contributed by atoms with Crippen molar-refractivity contribution >= 4 is 5.91 Å². The van der Waals surface area contributed by atoms with Gasteiger partial charge < -0.3 is 14.7 Å². The Labute approximate surface area is 96.7 Å². The highest BCUT2D eigenvalue weighted by molar-refractivity contribution is 5.93. The van der Waals surface area contributed by atoms with Crippen molar-refractivity contribution in [3.8, 4) is 0 Å². The molecule has 0 fully saturated rings. The third-order valence-electron chi connectivity index (χ3n) is 2.11. The highest BCUT2D eigenvalue weighted by atomic mass is 16.4. The Kier molecular flexibility index (Phi) is 3.04. The molecule has 2 aromatic rings. The molecular weight excluding hydrogens is 222 g/mol. The van der Waals surface area contributed by atoms with Gasteiger partial charge in [0.2, 0.25) is 11.4 Å². The minimum atomic E-state index is -0.341. The molecule has 88 valence electrons. The van der Waals surface area contributed by atoms with E-state index in [1.807, 2.05) is 0 Å². The zero-order valence-electron chi connectivity index (χ0n) is 9.19. The molecule has 0 saturated heterocycles. The molecule has 2 N–H and O–H groups in total. The number of rotatable bonds is 3. The highest BCUT2D eigenvalue weighted by Gasteiger charge is 2.07. The van der Waals surface area contributed by atoms with Gasteiger partial charge in [-0.2, -0.15) is 0 Å². The second kappa shape index (κ2) is 4.65. The Balaban J connectivity index is 2.00. The first kappa shape index (κ1) is 11.1. The number of carbonyl (C=O) groups excluding carboxylic acids is 1. The number of nitrogens with one attached hydrogen (secondary N) is 2. The summed E-state index contributed by atoms with van der Waals surface area (Å²) in [6, 6.07) is 2.76. The molecular formula is C11H11N3O3. The van der Waals surface area contributed by atoms with Crippen LogP contribution in [0, 0.1) is 6.92 Å². The molecule has 0 aliphatic heterocycles. The van der Waals surface area contributed by atoms with Crippen molar-refractivity contribution in [1.82, 2.24) is 15.3 Å². The maximum absolute atomic E-state index is 11.6. The summed E-state index contributed by atoms with van der Waals surface area (Å²) in [7, 11) is 0. The van der Waals surface area contributed by atoms with Gasteiger partial charge in [-0.3, -0.25) is 9.59 Å². The molecule has 6 nitrogen and oxygen atoms in total. The summed E-state index contributed by atoms with van der Waals surface area (Å²) < 4.78 is 5.20. The molecule has 17 heavy (non-hydrogen) atoms. The van der Waals surface area contributed by atoms with Crippen molar-refractivity contribution in [2.75, 3.05) is 0 Å². The average molecular weight is 233 g/mol. The molecule has 0 spiro atoms. The summed E-state index contributed by atoms with van der Waals surface area (Å²) in [4.78, 5) is 29.0. The fourth-order valence-corrected chi connectivity index (χ4v) is 1.33. The van der Waals surface area contributed by atoms with Gasteiger partial charge in [-0.25, -0.2) is 4.98 Å². The van der Waals surface area contributed by atoms with E-state index in [4.69, 9.17) is 4.42 Å². The van der Waals surface area contributed by atoms with Crippen molar-refractivity contribution in [2.24, 2.45) is 0 Å². The highest BCUT2D eigenvalue weighted by Crippen LogP contribution is 2.01. The van der Waals surface area contributed by atoms with Crippen LogP contribution < -0.4 is 10.9 Å². The first-order valence-electron chi connectivity index (χ1n) is 5.03. The van der Waals surface area contributed by atoms with E-state index < -0.39 is 0 Å². The number of hydrogen-bond donors (Lipinski definition) is 2. The summed E-state index contributed by atoms with van der Waals surface area (Å²) in [5.74, 6) is 0.776. The number of oxazole rings is 1. The van der Waals surface area contributed by atoms with Gasteiger partial charge in [-0.15, -0.1) is 0 Å². The van der Waals surface area contributed by atoms with Crippen molar-refractivity contribution in [3.63, 3.8) is 0 Å². The largest absolute Gasteiger partial charge is 0.444 e. The number of aromatic nitrogens is 2. The van der Waals surface area contributed by atoms with Crippen LogP contribution in [-0.4, -0.2) is 15.9 Å². The summed E-state index contributed by atoms with van der Waals surface area (Å²) in [5, 5.41) is 2.61. The molecule has 0 saturated carbocycles. The third-order valence-corrected chi connectivity index (χ3v) is 2.11. The number of H-pyrrole nitrogens is 1. The van der Waals surface area contributed by atoms with E-state index in [2.05, 4.69) is 15.3 Å². The zero-order valence-corrected chi connectivity index (χ0v) is 9.19. The SMILES string of the molecule is Cc1cnc(CNC(=O)c2cc[nH]c(=O)c2)o1. The maximum Gasteiger partial charge on any atom is 0.251 e. The van der Waals surface area contributed by atoms with Crippen LogP contribution >= 0.6 is 0 Å². The predicted octanol–water partition coefficient (Wildman–Crippen LogP) is 0.601. The van der Waals surface area contributed by atoms with Crippen LogP contribution in [0.2, 0.25) is 0 Å². The molecule has 2 rings (SSSR count). The first-order valence-corrected chi connectivity index (χ1v) is 5.03. The molecule has 6 heteroatoms. The predicted molar refractivity (Wildman–Crippen MR) is 59.5 cm³/mol. The molecule has 0 aliphatic rings. The van der Waals surface area contributed by atoms with Crippen LogP contribution in [0.4, 0.5) is 0 Å². The number of carbonyl (C=O) groups is 1. The van der Waals surface area contributed by atoms with Crippen molar-refractivity contribution in [2.45, 2.75) is 13.5 Å². The Morgan fingerprint density at radius 2 is 2.41 bits per heavy atom. The number of aryl methyl sites for hydroxylation is 1. The van der Waals surface area contributed by atoms with E-state index in [0.717, 1.165) is 0 Å². The van der Waals surface area contributed by atoms with Crippen molar-refractivity contribution < 1.29 is 9.21 Å². The summed E-state index contributed by atoms with van der Waals surface area (Å²) in [6.45, 7) is 1.97. The van der Waals surface area contributed by atoms with Gasteiger partial charge in [0.15, 0.2) is 0 Å². The second-order valence-corrected chi connectivity index (χ2v) is 3.49. The first-order chi connectivity index (χ1) is 8.15. The topological polar surface area (TPSA) is 88.0 Å². The molecule has 0 bridgehead atoms. The molecule has 1 amide bonds. The Hall–Kier alpha value is -2.37. The van der Waals surface area contributed by atoms with Gasteiger partial charge in [-0.1, -0.05) is 0 Å². The average Bonchev–Trinajstić information content (AvgIpc) is 2.72. The molecule has 2 heterocycles. The summed E-state index contributed by atoms with van der Waals surface area (Å²) >= 11 is 0. The molecule has 0 unspecified atom stereocenters. The minimum absolute atomic E-state index is 0.194. The van der Waals surface area contributed by atoms with Gasteiger partial charge in [0.05, 0.1) is 12.7 Å². The van der Waals surface area contributed by atoms with E-state index in [1.165, 1.54) is 18.3 Å². The van der Waals surface area contributed by atoms with E-state index in [1.54, 1.807) is 13.1 Å². The number of nitrogens with zero attached hydrogens (tertiary/aromatic N) is 1. The van der Waals surface area contributed by atoms with E-state index in [0.29, 0.717) is 17.2 Å². The van der Waals surface area contributed by atoms with Gasteiger partial charge in [-0.05, 0) is 13.0 Å². The maximum atomic E-state index is 11.6. The van der Waals surface area contributed by atoms with E-state index in [-0.39, 0.29) is 18.0 Å². The van der Waals surface area contributed by atoms with Crippen LogP contribution in [0.5, 0.6) is 0 Å². The molecule has 2 aromatic heterocycles. The van der Waals surface area contributed by atoms with Crippen molar-refractivity contribution in [3.05, 3.63) is 52.1 Å².